The van der Waals surface area contributed by atoms with Crippen molar-refractivity contribution >= 4 is 33.4 Å². The van der Waals surface area contributed by atoms with Crippen LogP contribution in [0, 0.1) is 0 Å². The van der Waals surface area contributed by atoms with Crippen molar-refractivity contribution in [3.8, 4) is 23.0 Å². The van der Waals surface area contributed by atoms with E-state index in [0.717, 1.165) is 10.0 Å². The van der Waals surface area contributed by atoms with E-state index in [9.17, 15) is 10.3 Å². The topological polar surface area (TPSA) is 157 Å². The number of carbonyl (C=O) groups excluding carboxylic acids is 1. The van der Waals surface area contributed by atoms with E-state index in [-0.39, 0.29) is 25.5 Å². The van der Waals surface area contributed by atoms with Gasteiger partial charge in [0.2, 0.25) is 11.6 Å². The van der Waals surface area contributed by atoms with Gasteiger partial charge >= 0.3 is 0 Å². The van der Waals surface area contributed by atoms with Crippen LogP contribution >= 0.6 is 15.9 Å². The van der Waals surface area contributed by atoms with Gasteiger partial charge in [-0.05, 0) is 70.8 Å². The minimum Gasteiger partial charge on any atom is -0.494 e. The molecule has 0 saturated heterocycles. The molecule has 5 rings (SSSR count). The molecule has 13 heteroatoms. The van der Waals surface area contributed by atoms with Gasteiger partial charge in [-0.15, -0.1) is 0 Å². The molecule has 2 atom stereocenters. The molecule has 0 saturated carbocycles. The van der Waals surface area contributed by atoms with E-state index in [1.54, 1.807) is 36.4 Å². The Hall–Kier alpha value is -5.23. The average Bonchev–Trinajstić information content (AvgIpc) is 3.52. The molecule has 12 nitrogen and oxygen atoms in total. The molecule has 1 heterocycles. The molecule has 2 N–H and O–H groups in total. The average molecular weight is 731 g/mol. The number of benzene rings is 4. The molecule has 1 aliphatic rings. The first-order valence-electron chi connectivity index (χ1n) is 15.4. The molecule has 1 amide bonds. The third-order valence-electron chi connectivity index (χ3n) is 7.98. The van der Waals surface area contributed by atoms with Crippen LogP contribution in [0.5, 0.6) is 23.0 Å². The molecule has 0 aromatic heterocycles. The molecule has 0 radical (unpaired) electrons. The predicted molar refractivity (Wildman–Crippen MR) is 188 cm³/mol. The Morgan fingerprint density at radius 3 is 2.35 bits per heavy atom. The zero-order valence-electron chi connectivity index (χ0n) is 27.3. The molecule has 0 fully saturated rings. The largest absolute Gasteiger partial charge is 0.494 e. The fraction of sp³-hybridized carbons (Fsp3) is 0.278. The van der Waals surface area contributed by atoms with Crippen LogP contribution in [0.3, 0.4) is 0 Å². The number of aliphatic hydroxyl groups is 1. The lowest BCUT2D eigenvalue weighted by molar-refractivity contribution is -0.129. The van der Waals surface area contributed by atoms with E-state index < -0.39 is 17.6 Å². The Bertz CT molecular complexity index is 1820. The number of halogens is 1. The Morgan fingerprint density at radius 2 is 1.71 bits per heavy atom. The zero-order valence-corrected chi connectivity index (χ0v) is 28.8. The minimum absolute atomic E-state index is 0.0344. The number of carbonyl (C=O) groups is 1. The van der Waals surface area contributed by atoms with Crippen LogP contribution in [0.25, 0.3) is 10.4 Å². The van der Waals surface area contributed by atoms with Gasteiger partial charge in [-0.1, -0.05) is 57.4 Å². The molecule has 49 heavy (non-hydrogen) atoms. The monoisotopic (exact) mass is 729 g/mol. The summed E-state index contributed by atoms with van der Waals surface area (Å²) in [5, 5.41) is 16.1. The molecule has 4 aromatic rings. The molecule has 0 aliphatic carbocycles. The number of azide groups is 1. The van der Waals surface area contributed by atoms with E-state index in [1.165, 1.54) is 21.3 Å². The lowest BCUT2D eigenvalue weighted by atomic mass is 9.81. The fourth-order valence-corrected chi connectivity index (χ4v) is 5.85. The Labute approximate surface area is 292 Å². The summed E-state index contributed by atoms with van der Waals surface area (Å²) in [7, 11) is 4.58. The second kappa shape index (κ2) is 16.2. The summed E-state index contributed by atoms with van der Waals surface area (Å²) in [6, 6.07) is 25.3. The standard InChI is InChI=1S/C36H36BrN5O7/c1-45-30-19-23(20-31(46-2)32(30)47-3)22-39-35(44)36(21-26-7-4-5-8-29(26)41-42-38)33(24-9-13-27(37)14-10-24)49-34(40-36)25-11-15-28(16-12-25)48-18-6-17-43/h4-5,7-16,19-20,33,43H,6,17-18,21-22H2,1-3H3,(H,39,44)/t33-,36-/m1/s1. The number of aliphatic imine (C=N–C) groups is 1. The highest BCUT2D eigenvalue weighted by molar-refractivity contribution is 9.10. The van der Waals surface area contributed by atoms with E-state index in [0.29, 0.717) is 58.4 Å². The fourth-order valence-electron chi connectivity index (χ4n) is 5.59. The number of hydrogen-bond acceptors (Lipinski definition) is 9. The van der Waals surface area contributed by atoms with Crippen molar-refractivity contribution in [1.82, 2.24) is 5.32 Å². The maximum atomic E-state index is 14.7. The number of methoxy groups -OCH3 is 3. The molecule has 0 spiro atoms. The molecular formula is C36H36BrN5O7. The van der Waals surface area contributed by atoms with Gasteiger partial charge in [-0.25, -0.2) is 4.99 Å². The number of ether oxygens (including phenoxy) is 5. The Kier molecular flexibility index (Phi) is 11.6. The van der Waals surface area contributed by atoms with Gasteiger partial charge in [-0.2, -0.15) is 0 Å². The molecule has 0 unspecified atom stereocenters. The first-order valence-corrected chi connectivity index (χ1v) is 16.2. The summed E-state index contributed by atoms with van der Waals surface area (Å²) >= 11 is 3.50. The van der Waals surface area contributed by atoms with Gasteiger partial charge in [-0.3, -0.25) is 4.79 Å². The lowest BCUT2D eigenvalue weighted by Crippen LogP contribution is -2.49. The highest BCUT2D eigenvalue weighted by Crippen LogP contribution is 2.44. The van der Waals surface area contributed by atoms with Gasteiger partial charge in [0.25, 0.3) is 5.91 Å². The zero-order chi connectivity index (χ0) is 34.8. The summed E-state index contributed by atoms with van der Waals surface area (Å²) in [6.07, 6.45) is -0.303. The number of hydrogen-bond donors (Lipinski definition) is 2. The Morgan fingerprint density at radius 1 is 1.02 bits per heavy atom. The highest BCUT2D eigenvalue weighted by Gasteiger charge is 2.53. The molecular weight excluding hydrogens is 694 g/mol. The minimum atomic E-state index is -1.54. The number of nitrogens with zero attached hydrogens (tertiary/aromatic N) is 4. The second-order valence-electron chi connectivity index (χ2n) is 11.1. The van der Waals surface area contributed by atoms with Gasteiger partial charge < -0.3 is 34.1 Å². The quantitative estimate of drug-likeness (QED) is 0.0578. The summed E-state index contributed by atoms with van der Waals surface area (Å²) in [4.78, 5) is 22.8. The molecule has 254 valence electrons. The van der Waals surface area contributed by atoms with Crippen LogP contribution in [0.2, 0.25) is 0 Å². The van der Waals surface area contributed by atoms with Crippen molar-refractivity contribution in [3.05, 3.63) is 122 Å². The van der Waals surface area contributed by atoms with Crippen molar-refractivity contribution in [2.75, 3.05) is 34.5 Å². The highest BCUT2D eigenvalue weighted by atomic mass is 79.9. The maximum absolute atomic E-state index is 14.7. The predicted octanol–water partition coefficient (Wildman–Crippen LogP) is 6.99. The third-order valence-corrected chi connectivity index (χ3v) is 8.51. The van der Waals surface area contributed by atoms with Crippen molar-refractivity contribution in [2.45, 2.75) is 31.0 Å². The first-order chi connectivity index (χ1) is 23.8. The molecule has 0 bridgehead atoms. The van der Waals surface area contributed by atoms with E-state index >= 15 is 0 Å². The van der Waals surface area contributed by atoms with Crippen molar-refractivity contribution in [3.63, 3.8) is 0 Å². The van der Waals surface area contributed by atoms with Crippen LogP contribution in [-0.2, 0) is 22.5 Å². The van der Waals surface area contributed by atoms with E-state index in [1.807, 2.05) is 48.5 Å². The summed E-state index contributed by atoms with van der Waals surface area (Å²) in [5.41, 5.74) is 10.8. The summed E-state index contributed by atoms with van der Waals surface area (Å²) < 4.78 is 29.7. The lowest BCUT2D eigenvalue weighted by Gasteiger charge is -2.31. The number of nitrogens with one attached hydrogen (secondary N) is 1. The van der Waals surface area contributed by atoms with Crippen LogP contribution in [0.4, 0.5) is 5.69 Å². The Balaban J connectivity index is 1.60. The van der Waals surface area contributed by atoms with Gasteiger partial charge in [0.15, 0.2) is 23.1 Å². The van der Waals surface area contributed by atoms with Crippen LogP contribution < -0.4 is 24.3 Å². The van der Waals surface area contributed by atoms with Crippen molar-refractivity contribution in [2.24, 2.45) is 10.1 Å². The third kappa shape index (κ3) is 7.92. The van der Waals surface area contributed by atoms with Crippen molar-refractivity contribution in [1.29, 1.82) is 0 Å². The first kappa shape index (κ1) is 35.1. The van der Waals surface area contributed by atoms with E-state index in [4.69, 9.17) is 33.8 Å². The van der Waals surface area contributed by atoms with Crippen LogP contribution in [0.15, 0.2) is 99.5 Å². The number of aliphatic hydroxyl groups excluding tert-OH is 1. The van der Waals surface area contributed by atoms with Crippen LogP contribution in [-0.4, -0.2) is 57.0 Å². The van der Waals surface area contributed by atoms with Gasteiger partial charge in [0.1, 0.15) is 5.75 Å². The van der Waals surface area contributed by atoms with Gasteiger partial charge in [0.05, 0.1) is 27.9 Å². The molecule has 4 aromatic carbocycles. The van der Waals surface area contributed by atoms with E-state index in [2.05, 4.69) is 31.3 Å². The number of rotatable bonds is 15. The smallest absolute Gasteiger partial charge is 0.252 e. The van der Waals surface area contributed by atoms with Crippen LogP contribution in [0.1, 0.15) is 34.8 Å². The number of amides is 1. The summed E-state index contributed by atoms with van der Waals surface area (Å²) in [6.45, 7) is 0.512. The molecule has 1 aliphatic heterocycles. The summed E-state index contributed by atoms with van der Waals surface area (Å²) in [5.74, 6) is 1.81. The van der Waals surface area contributed by atoms with Crippen molar-refractivity contribution < 1.29 is 33.6 Å². The SMILES string of the molecule is COc1cc(CNC(=O)[C@]2(Cc3ccccc3N=[N+]=[N-])N=C(c3ccc(OCCCO)cc3)O[C@@H]2c2ccc(Br)cc2)cc(OC)c1OC. The maximum Gasteiger partial charge on any atom is 0.252 e. The normalized spacial score (nSPS) is 16.5. The van der Waals surface area contributed by atoms with Gasteiger partial charge in [0, 0.05) is 46.6 Å². The second-order valence-corrected chi connectivity index (χ2v) is 12.0.